The molecule has 0 saturated heterocycles. The molecule has 0 radical (unpaired) electrons. The summed E-state index contributed by atoms with van der Waals surface area (Å²) >= 11 is 7.25. The van der Waals surface area contributed by atoms with E-state index in [0.717, 1.165) is 5.56 Å². The number of carbonyl (C=O) groups is 1. The Morgan fingerprint density at radius 2 is 2.10 bits per heavy atom. The molecule has 0 aliphatic carbocycles. The molecule has 0 atom stereocenters. The number of carbonyl (C=O) groups excluding carboxylic acids is 1. The Morgan fingerprint density at radius 1 is 1.38 bits per heavy atom. The molecule has 1 aromatic carbocycles. The van der Waals surface area contributed by atoms with Gasteiger partial charge in [0.1, 0.15) is 16.9 Å². The normalized spacial score (nSPS) is 11.6. The molecule has 0 amide bonds. The first-order valence-electron chi connectivity index (χ1n) is 5.92. The van der Waals surface area contributed by atoms with E-state index in [4.69, 9.17) is 20.6 Å². The van der Waals surface area contributed by atoms with Gasteiger partial charge in [0.25, 0.3) is 0 Å². The smallest absolute Gasteiger partial charge is 0.312 e. The van der Waals surface area contributed by atoms with Crippen molar-refractivity contribution in [1.29, 1.82) is 0 Å². The van der Waals surface area contributed by atoms with Gasteiger partial charge in [-0.15, -0.1) is 11.3 Å². The summed E-state index contributed by atoms with van der Waals surface area (Å²) in [6.45, 7) is 0. The summed E-state index contributed by atoms with van der Waals surface area (Å²) in [5.74, 6) is -0.383. The van der Waals surface area contributed by atoms with Crippen LogP contribution in [0.25, 0.3) is 10.6 Å². The number of Topliss-reactive ketones (excluding diaryl/α,β-unsaturated/α-hetero) is 1. The van der Waals surface area contributed by atoms with E-state index in [0.29, 0.717) is 10.0 Å². The highest BCUT2D eigenvalue weighted by atomic mass is 35.5. The van der Waals surface area contributed by atoms with Crippen molar-refractivity contribution in [3.63, 3.8) is 0 Å². The summed E-state index contributed by atoms with van der Waals surface area (Å²) in [7, 11) is -0.887. The first kappa shape index (κ1) is 16.3. The summed E-state index contributed by atoms with van der Waals surface area (Å²) in [6.07, 6.45) is -0.335. The van der Waals surface area contributed by atoms with Gasteiger partial charge in [-0.2, -0.15) is 0 Å². The fraction of sp³-hybridized carbons (Fsp3) is 0.231. The van der Waals surface area contributed by atoms with Gasteiger partial charge in [-0.1, -0.05) is 23.7 Å². The highest BCUT2D eigenvalue weighted by Gasteiger charge is 2.27. The number of hydrogen-bond acceptors (Lipinski definition) is 6. The lowest BCUT2D eigenvalue weighted by atomic mass is 10.2. The van der Waals surface area contributed by atoms with Gasteiger partial charge in [-0.05, 0) is 12.1 Å². The Balaban J connectivity index is 2.20. The van der Waals surface area contributed by atoms with E-state index in [1.165, 1.54) is 25.6 Å². The molecule has 0 fully saturated rings. The van der Waals surface area contributed by atoms with Crippen LogP contribution in [-0.4, -0.2) is 31.1 Å². The van der Waals surface area contributed by atoms with Crippen LogP contribution >= 0.6 is 30.5 Å². The lowest BCUT2D eigenvalue weighted by molar-refractivity contribution is 0.100. The van der Waals surface area contributed by atoms with Crippen LogP contribution < -0.4 is 0 Å². The quantitative estimate of drug-likeness (QED) is 0.581. The molecule has 2 aromatic rings. The van der Waals surface area contributed by atoms with Crippen LogP contribution in [0.1, 0.15) is 10.5 Å². The number of halogens is 1. The van der Waals surface area contributed by atoms with Crippen molar-refractivity contribution in [3.8, 4) is 10.6 Å². The van der Waals surface area contributed by atoms with Gasteiger partial charge in [-0.25, -0.2) is 4.98 Å². The van der Waals surface area contributed by atoms with E-state index >= 15 is 0 Å². The molecular weight excluding hydrogens is 333 g/mol. The molecule has 0 spiro atoms. The van der Waals surface area contributed by atoms with Gasteiger partial charge >= 0.3 is 7.60 Å². The van der Waals surface area contributed by atoms with Crippen molar-refractivity contribution in [3.05, 3.63) is 40.4 Å². The monoisotopic (exact) mass is 345 g/mol. The van der Waals surface area contributed by atoms with E-state index in [1.54, 1.807) is 17.5 Å². The maximum Gasteiger partial charge on any atom is 0.337 e. The van der Waals surface area contributed by atoms with E-state index < -0.39 is 7.60 Å². The van der Waals surface area contributed by atoms with E-state index in [2.05, 4.69) is 4.98 Å². The maximum absolute atomic E-state index is 12.1. The summed E-state index contributed by atoms with van der Waals surface area (Å²) in [5, 5.41) is 2.89. The lowest BCUT2D eigenvalue weighted by Crippen LogP contribution is -2.08. The lowest BCUT2D eigenvalue weighted by Gasteiger charge is -2.11. The molecule has 0 saturated carbocycles. The third kappa shape index (κ3) is 3.99. The van der Waals surface area contributed by atoms with Crippen LogP contribution in [0.15, 0.2) is 29.6 Å². The average molecular weight is 346 g/mol. The third-order valence-electron chi connectivity index (χ3n) is 2.76. The molecule has 0 unspecified atom stereocenters. The molecule has 112 valence electrons. The van der Waals surface area contributed by atoms with Crippen molar-refractivity contribution in [1.82, 2.24) is 4.98 Å². The number of rotatable bonds is 6. The van der Waals surface area contributed by atoms with Crippen molar-refractivity contribution in [2.45, 2.75) is 0 Å². The van der Waals surface area contributed by atoms with Gasteiger partial charge in [0.15, 0.2) is 5.78 Å². The number of benzene rings is 1. The molecule has 0 bridgehead atoms. The van der Waals surface area contributed by atoms with Crippen molar-refractivity contribution < 1.29 is 18.4 Å². The van der Waals surface area contributed by atoms with Crippen molar-refractivity contribution in [2.75, 3.05) is 20.4 Å². The first-order valence-corrected chi connectivity index (χ1v) is 8.91. The zero-order valence-corrected chi connectivity index (χ0v) is 13.9. The highest BCUT2D eigenvalue weighted by Crippen LogP contribution is 2.46. The fourth-order valence-corrected chi connectivity index (χ4v) is 3.55. The fourth-order valence-electron chi connectivity index (χ4n) is 1.62. The summed E-state index contributed by atoms with van der Waals surface area (Å²) in [6, 6.07) is 7.20. The van der Waals surface area contributed by atoms with Gasteiger partial charge in [0, 0.05) is 30.2 Å². The van der Waals surface area contributed by atoms with Crippen LogP contribution in [0, 0.1) is 0 Å². The molecular formula is C13H13ClNO4PS. The number of hydrogen-bond donors (Lipinski definition) is 0. The Kier molecular flexibility index (Phi) is 5.30. The van der Waals surface area contributed by atoms with Crippen LogP contribution in [0.3, 0.4) is 0 Å². The molecule has 21 heavy (non-hydrogen) atoms. The van der Waals surface area contributed by atoms with Gasteiger partial charge in [0.2, 0.25) is 0 Å². The Hall–Kier alpha value is -1.04. The van der Waals surface area contributed by atoms with Gasteiger partial charge in [-0.3, -0.25) is 9.36 Å². The summed E-state index contributed by atoms with van der Waals surface area (Å²) in [4.78, 5) is 16.3. The molecule has 2 rings (SSSR count). The Morgan fingerprint density at radius 3 is 2.71 bits per heavy atom. The summed E-state index contributed by atoms with van der Waals surface area (Å²) < 4.78 is 21.5. The molecule has 1 heterocycles. The average Bonchev–Trinajstić information content (AvgIpc) is 2.97. The van der Waals surface area contributed by atoms with E-state index in [1.807, 2.05) is 12.1 Å². The standard InChI is InChI=1S/C13H13ClNO4PS/c1-18-20(17,19-2)7-12(16)11-8-21-13(15-11)9-4-3-5-10(14)6-9/h3-6,8H,7H2,1-2H3. The maximum atomic E-state index is 12.1. The molecule has 0 N–H and O–H groups in total. The molecule has 8 heteroatoms. The largest absolute Gasteiger partial charge is 0.337 e. The second-order valence-corrected chi connectivity index (χ2v) is 7.67. The van der Waals surface area contributed by atoms with Gasteiger partial charge < -0.3 is 9.05 Å². The minimum absolute atomic E-state index is 0.240. The molecule has 1 aromatic heterocycles. The SMILES string of the molecule is COP(=O)(CC(=O)c1csc(-c2cccc(Cl)c2)n1)OC. The Bertz CT molecular complexity index is 695. The number of ketones is 1. The molecule has 5 nitrogen and oxygen atoms in total. The predicted molar refractivity (Wildman–Crippen MR) is 83.4 cm³/mol. The van der Waals surface area contributed by atoms with Crippen LogP contribution in [-0.2, 0) is 13.6 Å². The number of nitrogens with zero attached hydrogens (tertiary/aromatic N) is 1. The van der Waals surface area contributed by atoms with Crippen LogP contribution in [0.5, 0.6) is 0 Å². The second-order valence-electron chi connectivity index (χ2n) is 4.11. The topological polar surface area (TPSA) is 65.5 Å². The predicted octanol–water partition coefficient (Wildman–Crippen LogP) is 4.13. The summed E-state index contributed by atoms with van der Waals surface area (Å²) in [5.41, 5.74) is 1.07. The molecule has 0 aliphatic heterocycles. The van der Waals surface area contributed by atoms with Crippen molar-refractivity contribution >= 4 is 36.3 Å². The van der Waals surface area contributed by atoms with E-state index in [9.17, 15) is 9.36 Å². The third-order valence-corrected chi connectivity index (χ3v) is 5.67. The minimum atomic E-state index is -3.38. The first-order chi connectivity index (χ1) is 9.97. The minimum Gasteiger partial charge on any atom is -0.312 e. The van der Waals surface area contributed by atoms with E-state index in [-0.39, 0.29) is 17.6 Å². The van der Waals surface area contributed by atoms with Crippen molar-refractivity contribution in [2.24, 2.45) is 0 Å². The molecule has 0 aliphatic rings. The number of aromatic nitrogens is 1. The Labute approximate surface area is 131 Å². The van der Waals surface area contributed by atoms with Gasteiger partial charge in [0.05, 0.1) is 0 Å². The van der Waals surface area contributed by atoms with Crippen LogP contribution in [0.2, 0.25) is 5.02 Å². The highest BCUT2D eigenvalue weighted by molar-refractivity contribution is 7.54. The zero-order chi connectivity index (χ0) is 15.5. The number of thiazole rings is 1. The zero-order valence-electron chi connectivity index (χ0n) is 11.4. The second kappa shape index (κ2) is 6.81. The van der Waals surface area contributed by atoms with Crippen LogP contribution in [0.4, 0.5) is 0 Å².